The zero-order valence-corrected chi connectivity index (χ0v) is 25.6. The normalized spacial score (nSPS) is 19.8. The first kappa shape index (κ1) is 34.8. The van der Waals surface area contributed by atoms with Gasteiger partial charge in [-0.2, -0.15) is 0 Å². The molecule has 8 heteroatoms. The van der Waals surface area contributed by atoms with Crippen LogP contribution >= 0.6 is 21.1 Å². The number of carboxylic acids is 1. The van der Waals surface area contributed by atoms with Crippen LogP contribution in [-0.2, 0) is 18.8 Å². The fraction of sp³-hybridized carbons (Fsp3) is 0.966. The minimum absolute atomic E-state index is 0.146. The Kier molecular flexibility index (Phi) is 18.6. The van der Waals surface area contributed by atoms with Crippen LogP contribution in [0, 0.1) is 11.8 Å². The number of carbonyl (C=O) groups is 1. The van der Waals surface area contributed by atoms with E-state index in [0.29, 0.717) is 31.1 Å². The molecule has 37 heavy (non-hydrogen) atoms. The van der Waals surface area contributed by atoms with E-state index in [0.717, 1.165) is 38.5 Å². The SMILES string of the molecule is CCCCCCCCCC(S)(CCC(CCCC)C1CCCCC1)OC(P=O)(C(=O)O)C(O)OCCC. The van der Waals surface area contributed by atoms with Crippen molar-refractivity contribution in [3.8, 4) is 0 Å². The van der Waals surface area contributed by atoms with E-state index in [1.807, 2.05) is 6.92 Å². The Balaban J connectivity index is 3.03. The Labute approximate surface area is 233 Å². The molecule has 0 aromatic rings. The van der Waals surface area contributed by atoms with Crippen LogP contribution in [0.1, 0.15) is 143 Å². The van der Waals surface area contributed by atoms with Gasteiger partial charge in [-0.1, -0.05) is 111 Å². The Morgan fingerprint density at radius 1 is 0.919 bits per heavy atom. The molecule has 0 radical (unpaired) electrons. The Morgan fingerprint density at radius 3 is 2.11 bits per heavy atom. The predicted molar refractivity (Wildman–Crippen MR) is 154 cm³/mol. The minimum Gasteiger partial charge on any atom is -0.478 e. The molecule has 0 amide bonds. The largest absolute Gasteiger partial charge is 0.478 e. The third-order valence-electron chi connectivity index (χ3n) is 7.92. The van der Waals surface area contributed by atoms with Crippen LogP contribution in [0.25, 0.3) is 0 Å². The van der Waals surface area contributed by atoms with Crippen LogP contribution in [0.5, 0.6) is 0 Å². The van der Waals surface area contributed by atoms with Gasteiger partial charge in [-0.3, -0.25) is 4.57 Å². The third-order valence-corrected chi connectivity index (χ3v) is 9.24. The molecule has 0 aliphatic heterocycles. The first-order valence-electron chi connectivity index (χ1n) is 15.1. The highest BCUT2D eigenvalue weighted by Crippen LogP contribution is 2.44. The van der Waals surface area contributed by atoms with Crippen molar-refractivity contribution in [1.29, 1.82) is 0 Å². The molecule has 0 bridgehead atoms. The van der Waals surface area contributed by atoms with Gasteiger partial charge in [0, 0.05) is 6.61 Å². The van der Waals surface area contributed by atoms with Gasteiger partial charge in [0.15, 0.2) is 0 Å². The minimum atomic E-state index is -2.40. The van der Waals surface area contributed by atoms with Crippen LogP contribution in [0.15, 0.2) is 0 Å². The molecule has 1 rings (SSSR count). The lowest BCUT2D eigenvalue weighted by molar-refractivity contribution is -0.227. The highest BCUT2D eigenvalue weighted by Gasteiger charge is 2.54. The van der Waals surface area contributed by atoms with Crippen LogP contribution in [0.3, 0.4) is 0 Å². The lowest BCUT2D eigenvalue weighted by atomic mass is 9.75. The van der Waals surface area contributed by atoms with Crippen molar-refractivity contribution in [2.24, 2.45) is 11.8 Å². The Morgan fingerprint density at radius 2 is 1.54 bits per heavy atom. The summed E-state index contributed by atoms with van der Waals surface area (Å²) < 4.78 is 23.7. The molecule has 1 fully saturated rings. The second kappa shape index (κ2) is 19.8. The third kappa shape index (κ3) is 12.7. The van der Waals surface area contributed by atoms with E-state index in [1.165, 1.54) is 64.2 Å². The fourth-order valence-corrected chi connectivity index (χ4v) is 6.58. The maximum atomic E-state index is 12.3. The summed E-state index contributed by atoms with van der Waals surface area (Å²) in [6, 6.07) is 0. The number of unbranched alkanes of at least 4 members (excludes halogenated alkanes) is 7. The number of thiol groups is 1. The molecule has 6 nitrogen and oxygen atoms in total. The average Bonchev–Trinajstić information content (AvgIpc) is 2.90. The van der Waals surface area contributed by atoms with Gasteiger partial charge in [0.25, 0.3) is 5.34 Å². The molecular weight excluding hydrogens is 507 g/mol. The summed E-state index contributed by atoms with van der Waals surface area (Å²) in [4.78, 5) is 11.2. The molecule has 4 atom stereocenters. The lowest BCUT2D eigenvalue weighted by Gasteiger charge is -2.39. The van der Waals surface area contributed by atoms with Crippen LogP contribution in [0.2, 0.25) is 0 Å². The maximum Gasteiger partial charge on any atom is 0.353 e. The first-order chi connectivity index (χ1) is 17.8. The predicted octanol–water partition coefficient (Wildman–Crippen LogP) is 8.75. The van der Waals surface area contributed by atoms with E-state index < -0.39 is 31.0 Å². The molecule has 4 unspecified atom stereocenters. The highest BCUT2D eigenvalue weighted by atomic mass is 32.1. The summed E-state index contributed by atoms with van der Waals surface area (Å²) >= 11 is 4.94. The smallest absolute Gasteiger partial charge is 0.353 e. The van der Waals surface area contributed by atoms with Crippen molar-refractivity contribution in [2.75, 3.05) is 6.61 Å². The molecule has 1 saturated carbocycles. The summed E-state index contributed by atoms with van der Waals surface area (Å²) in [5.74, 6) is -0.257. The summed E-state index contributed by atoms with van der Waals surface area (Å²) in [6.07, 6.45) is 18.5. The summed E-state index contributed by atoms with van der Waals surface area (Å²) in [7, 11) is -0.839. The van der Waals surface area contributed by atoms with Gasteiger partial charge in [-0.15, -0.1) is 12.6 Å². The van der Waals surface area contributed by atoms with Crippen molar-refractivity contribution in [3.63, 3.8) is 0 Å². The Hall–Kier alpha value is -0.200. The van der Waals surface area contributed by atoms with Gasteiger partial charge in [-0.25, -0.2) is 4.79 Å². The molecule has 2 N–H and O–H groups in total. The number of ether oxygens (including phenoxy) is 2. The lowest BCUT2D eigenvalue weighted by Crippen LogP contribution is -2.53. The van der Waals surface area contributed by atoms with E-state index >= 15 is 0 Å². The molecule has 1 aliphatic carbocycles. The van der Waals surface area contributed by atoms with Crippen LogP contribution < -0.4 is 0 Å². The van der Waals surface area contributed by atoms with E-state index in [-0.39, 0.29) is 6.61 Å². The molecule has 218 valence electrons. The van der Waals surface area contributed by atoms with Crippen LogP contribution in [0.4, 0.5) is 0 Å². The molecule has 0 aromatic heterocycles. The number of carboxylic acid groups (broad SMARTS) is 1. The zero-order chi connectivity index (χ0) is 27.6. The standard InChI is InChI=1S/C29H55O6PS/c1-4-7-9-10-11-12-16-21-28(37,35-29(36-33,26(30)31)27(32)34-23-6-3)22-20-25(17-8-5-2)24-18-14-13-15-19-24/h24-25,27,32,37H,4-23H2,1-3H3,(H,30,31). The average molecular weight is 563 g/mol. The Bertz CT molecular complexity index is 617. The number of hydrogen-bond donors (Lipinski definition) is 3. The number of aliphatic hydroxyl groups excluding tert-OH is 1. The fourth-order valence-electron chi connectivity index (χ4n) is 5.62. The number of rotatable bonds is 23. The first-order valence-corrected chi connectivity index (χ1v) is 16.3. The number of aliphatic hydroxyl groups is 1. The molecule has 0 spiro atoms. The van der Waals surface area contributed by atoms with E-state index in [9.17, 15) is 19.6 Å². The van der Waals surface area contributed by atoms with E-state index in [1.54, 1.807) is 0 Å². The van der Waals surface area contributed by atoms with E-state index in [2.05, 4.69) is 13.8 Å². The van der Waals surface area contributed by atoms with Crippen molar-refractivity contribution in [3.05, 3.63) is 0 Å². The van der Waals surface area contributed by atoms with Crippen LogP contribution in [-0.4, -0.2) is 39.4 Å². The number of aliphatic carboxylic acids is 1. The zero-order valence-electron chi connectivity index (χ0n) is 23.8. The van der Waals surface area contributed by atoms with Gasteiger partial charge >= 0.3 is 5.97 Å². The quantitative estimate of drug-likeness (QED) is 0.0499. The summed E-state index contributed by atoms with van der Waals surface area (Å²) in [5.41, 5.74) is 0. The monoisotopic (exact) mass is 562 g/mol. The van der Waals surface area contributed by atoms with Crippen molar-refractivity contribution < 1.29 is 29.0 Å². The maximum absolute atomic E-state index is 12.3. The van der Waals surface area contributed by atoms with Gasteiger partial charge in [0.1, 0.15) is 4.93 Å². The van der Waals surface area contributed by atoms with Crippen molar-refractivity contribution in [1.82, 2.24) is 0 Å². The summed E-state index contributed by atoms with van der Waals surface area (Å²) in [6.45, 7) is 6.43. The molecule has 0 heterocycles. The van der Waals surface area contributed by atoms with E-state index in [4.69, 9.17) is 22.1 Å². The highest BCUT2D eigenvalue weighted by molar-refractivity contribution is 7.81. The number of hydrogen-bond acceptors (Lipinski definition) is 6. The molecule has 0 saturated heterocycles. The van der Waals surface area contributed by atoms with Crippen molar-refractivity contribution >= 4 is 27.1 Å². The summed E-state index contributed by atoms with van der Waals surface area (Å²) in [5, 5.41) is 18.3. The molecule has 0 aromatic carbocycles. The topological polar surface area (TPSA) is 93.1 Å². The molecule has 1 aliphatic rings. The van der Waals surface area contributed by atoms with Gasteiger partial charge in [0.2, 0.25) is 14.8 Å². The molecular formula is C29H55O6PS. The van der Waals surface area contributed by atoms with Gasteiger partial charge in [0.05, 0.1) is 0 Å². The van der Waals surface area contributed by atoms with Crippen molar-refractivity contribution in [2.45, 2.75) is 159 Å². The second-order valence-corrected chi connectivity index (χ2v) is 12.7. The van der Waals surface area contributed by atoms with Gasteiger partial charge in [-0.05, 0) is 43.9 Å². The van der Waals surface area contributed by atoms with Gasteiger partial charge < -0.3 is 19.7 Å². The second-order valence-electron chi connectivity index (χ2n) is 11.1.